The second-order valence-electron chi connectivity index (χ2n) is 5.82. The van der Waals surface area contributed by atoms with E-state index in [-0.39, 0.29) is 0 Å². The summed E-state index contributed by atoms with van der Waals surface area (Å²) in [5, 5.41) is 3.75. The number of nitrogens with zero attached hydrogens (tertiary/aromatic N) is 1. The SMILES string of the molecule is CCCNC1CCCCC1CN(C)c1ccccc1. The Bertz CT molecular complexity index is 350. The lowest BCUT2D eigenvalue weighted by Crippen LogP contribution is -2.43. The molecule has 2 unspecified atom stereocenters. The van der Waals surface area contributed by atoms with Gasteiger partial charge in [-0.25, -0.2) is 0 Å². The van der Waals surface area contributed by atoms with Gasteiger partial charge in [0.05, 0.1) is 0 Å². The molecule has 1 aliphatic carbocycles. The molecule has 1 aromatic rings. The molecule has 0 spiro atoms. The molecule has 2 rings (SSSR count). The molecule has 0 heterocycles. The molecule has 1 fully saturated rings. The van der Waals surface area contributed by atoms with Gasteiger partial charge in [-0.15, -0.1) is 0 Å². The normalized spacial score (nSPS) is 23.3. The number of nitrogens with one attached hydrogen (secondary N) is 1. The zero-order valence-corrected chi connectivity index (χ0v) is 12.4. The molecule has 2 nitrogen and oxygen atoms in total. The van der Waals surface area contributed by atoms with Crippen LogP contribution < -0.4 is 10.2 Å². The average molecular weight is 260 g/mol. The van der Waals surface area contributed by atoms with Crippen LogP contribution in [0, 0.1) is 5.92 Å². The van der Waals surface area contributed by atoms with E-state index in [9.17, 15) is 0 Å². The predicted octanol–water partition coefficient (Wildman–Crippen LogP) is 3.68. The van der Waals surface area contributed by atoms with E-state index in [1.165, 1.54) is 44.3 Å². The average Bonchev–Trinajstić information content (AvgIpc) is 2.47. The topological polar surface area (TPSA) is 15.3 Å². The molecule has 2 atom stereocenters. The van der Waals surface area contributed by atoms with E-state index in [1.807, 2.05) is 0 Å². The molecule has 1 aliphatic rings. The van der Waals surface area contributed by atoms with Gasteiger partial charge in [0, 0.05) is 25.3 Å². The second kappa shape index (κ2) is 7.54. The first kappa shape index (κ1) is 14.4. The second-order valence-corrected chi connectivity index (χ2v) is 5.82. The van der Waals surface area contributed by atoms with Crippen molar-refractivity contribution in [1.82, 2.24) is 5.32 Å². The molecule has 0 radical (unpaired) electrons. The minimum absolute atomic E-state index is 0.722. The Kier molecular flexibility index (Phi) is 5.71. The minimum Gasteiger partial charge on any atom is -0.374 e. The first-order valence-electron chi connectivity index (χ1n) is 7.81. The van der Waals surface area contributed by atoms with Gasteiger partial charge in [-0.05, 0) is 43.9 Å². The van der Waals surface area contributed by atoms with Gasteiger partial charge in [-0.1, -0.05) is 38.0 Å². The zero-order valence-electron chi connectivity index (χ0n) is 12.4. The molecule has 1 N–H and O–H groups in total. The van der Waals surface area contributed by atoms with E-state index >= 15 is 0 Å². The third-order valence-corrected chi connectivity index (χ3v) is 4.27. The van der Waals surface area contributed by atoms with E-state index in [2.05, 4.69) is 54.5 Å². The summed E-state index contributed by atoms with van der Waals surface area (Å²) in [6.07, 6.45) is 6.76. The summed E-state index contributed by atoms with van der Waals surface area (Å²) < 4.78 is 0. The molecule has 2 heteroatoms. The zero-order chi connectivity index (χ0) is 13.5. The lowest BCUT2D eigenvalue weighted by atomic mass is 9.84. The van der Waals surface area contributed by atoms with Gasteiger partial charge < -0.3 is 10.2 Å². The van der Waals surface area contributed by atoms with Crippen molar-refractivity contribution in [3.63, 3.8) is 0 Å². The number of benzene rings is 1. The van der Waals surface area contributed by atoms with Crippen LogP contribution in [0.15, 0.2) is 30.3 Å². The van der Waals surface area contributed by atoms with Gasteiger partial charge in [0.2, 0.25) is 0 Å². The van der Waals surface area contributed by atoms with Crippen LogP contribution in [0.1, 0.15) is 39.0 Å². The largest absolute Gasteiger partial charge is 0.374 e. The highest BCUT2D eigenvalue weighted by Gasteiger charge is 2.25. The number of rotatable bonds is 6. The third-order valence-electron chi connectivity index (χ3n) is 4.27. The molecule has 0 bridgehead atoms. The molecular weight excluding hydrogens is 232 g/mol. The van der Waals surface area contributed by atoms with Crippen LogP contribution in [0.5, 0.6) is 0 Å². The maximum Gasteiger partial charge on any atom is 0.0363 e. The Hall–Kier alpha value is -1.02. The van der Waals surface area contributed by atoms with Crippen molar-refractivity contribution in [2.45, 2.75) is 45.1 Å². The maximum atomic E-state index is 3.75. The van der Waals surface area contributed by atoms with Crippen molar-refractivity contribution >= 4 is 5.69 Å². The quantitative estimate of drug-likeness (QED) is 0.839. The highest BCUT2D eigenvalue weighted by Crippen LogP contribution is 2.26. The van der Waals surface area contributed by atoms with Crippen LogP contribution in [-0.2, 0) is 0 Å². The van der Waals surface area contributed by atoms with Crippen molar-refractivity contribution in [2.24, 2.45) is 5.92 Å². The fourth-order valence-electron chi connectivity index (χ4n) is 3.16. The Morgan fingerprint density at radius 2 is 1.89 bits per heavy atom. The number of hydrogen-bond donors (Lipinski definition) is 1. The summed E-state index contributed by atoms with van der Waals surface area (Å²) in [7, 11) is 2.22. The van der Waals surface area contributed by atoms with Crippen molar-refractivity contribution in [1.29, 1.82) is 0 Å². The Balaban J connectivity index is 1.91. The summed E-state index contributed by atoms with van der Waals surface area (Å²) in [4.78, 5) is 2.41. The van der Waals surface area contributed by atoms with Crippen molar-refractivity contribution in [3.05, 3.63) is 30.3 Å². The minimum atomic E-state index is 0.722. The van der Waals surface area contributed by atoms with Crippen LogP contribution in [0.25, 0.3) is 0 Å². The van der Waals surface area contributed by atoms with Crippen LogP contribution >= 0.6 is 0 Å². The molecule has 19 heavy (non-hydrogen) atoms. The van der Waals surface area contributed by atoms with Gasteiger partial charge in [-0.2, -0.15) is 0 Å². The molecule has 1 aromatic carbocycles. The standard InChI is InChI=1S/C17H28N2/c1-3-13-18-17-12-8-7-9-15(17)14-19(2)16-10-5-4-6-11-16/h4-6,10-11,15,17-18H,3,7-9,12-14H2,1-2H3. The predicted molar refractivity (Wildman–Crippen MR) is 83.8 cm³/mol. The monoisotopic (exact) mass is 260 g/mol. The highest BCUT2D eigenvalue weighted by atomic mass is 15.1. The van der Waals surface area contributed by atoms with Gasteiger partial charge in [0.15, 0.2) is 0 Å². The Morgan fingerprint density at radius 3 is 2.63 bits per heavy atom. The Morgan fingerprint density at radius 1 is 1.16 bits per heavy atom. The molecular formula is C17H28N2. The molecule has 106 valence electrons. The van der Waals surface area contributed by atoms with E-state index in [0.29, 0.717) is 0 Å². The number of para-hydroxylation sites is 1. The van der Waals surface area contributed by atoms with Crippen LogP contribution in [0.4, 0.5) is 5.69 Å². The molecule has 0 amide bonds. The summed E-state index contributed by atoms with van der Waals surface area (Å²) in [6.45, 7) is 4.59. The fraction of sp³-hybridized carbons (Fsp3) is 0.647. The van der Waals surface area contributed by atoms with Crippen molar-refractivity contribution in [2.75, 3.05) is 25.0 Å². The van der Waals surface area contributed by atoms with Crippen LogP contribution in [0.3, 0.4) is 0 Å². The van der Waals surface area contributed by atoms with Gasteiger partial charge in [0.25, 0.3) is 0 Å². The lowest BCUT2D eigenvalue weighted by Gasteiger charge is -2.35. The van der Waals surface area contributed by atoms with Gasteiger partial charge in [-0.3, -0.25) is 0 Å². The smallest absolute Gasteiger partial charge is 0.0363 e. The number of anilines is 1. The summed E-state index contributed by atoms with van der Waals surface area (Å²) >= 11 is 0. The molecule has 1 saturated carbocycles. The van der Waals surface area contributed by atoms with E-state index in [0.717, 1.165) is 18.5 Å². The van der Waals surface area contributed by atoms with E-state index in [1.54, 1.807) is 0 Å². The number of hydrogen-bond acceptors (Lipinski definition) is 2. The molecule has 0 aliphatic heterocycles. The van der Waals surface area contributed by atoms with Gasteiger partial charge >= 0.3 is 0 Å². The van der Waals surface area contributed by atoms with Crippen LogP contribution in [-0.4, -0.2) is 26.2 Å². The highest BCUT2D eigenvalue weighted by molar-refractivity contribution is 5.45. The third kappa shape index (κ3) is 4.24. The van der Waals surface area contributed by atoms with E-state index < -0.39 is 0 Å². The summed E-state index contributed by atoms with van der Waals surface area (Å²) in [5.41, 5.74) is 1.34. The van der Waals surface area contributed by atoms with Crippen LogP contribution in [0.2, 0.25) is 0 Å². The summed E-state index contributed by atoms with van der Waals surface area (Å²) in [5.74, 6) is 0.797. The maximum absolute atomic E-state index is 3.75. The van der Waals surface area contributed by atoms with Crippen molar-refractivity contribution in [3.8, 4) is 0 Å². The first-order chi connectivity index (χ1) is 9.31. The molecule has 0 aromatic heterocycles. The Labute approximate surface area is 118 Å². The van der Waals surface area contributed by atoms with Crippen molar-refractivity contribution < 1.29 is 0 Å². The lowest BCUT2D eigenvalue weighted by molar-refractivity contribution is 0.266. The van der Waals surface area contributed by atoms with Gasteiger partial charge in [0.1, 0.15) is 0 Å². The molecule has 0 saturated heterocycles. The fourth-order valence-corrected chi connectivity index (χ4v) is 3.16. The van der Waals surface area contributed by atoms with E-state index in [4.69, 9.17) is 0 Å². The summed E-state index contributed by atoms with van der Waals surface area (Å²) in [6, 6.07) is 11.5. The first-order valence-corrected chi connectivity index (χ1v) is 7.81.